The third-order valence-electron chi connectivity index (χ3n) is 4.01. The molecular formula is C19H15ClF2N2O2. The molecule has 2 aromatic carbocycles. The van der Waals surface area contributed by atoms with Gasteiger partial charge in [-0.05, 0) is 32.0 Å². The molecule has 1 aromatic heterocycles. The van der Waals surface area contributed by atoms with Gasteiger partial charge in [0, 0.05) is 5.56 Å². The minimum atomic E-state index is -0.623. The van der Waals surface area contributed by atoms with Crippen LogP contribution in [0.4, 0.5) is 8.78 Å². The fourth-order valence-electron chi connectivity index (χ4n) is 2.71. The highest BCUT2D eigenvalue weighted by atomic mass is 35.5. The highest BCUT2D eigenvalue weighted by Gasteiger charge is 2.26. The van der Waals surface area contributed by atoms with Gasteiger partial charge < -0.3 is 9.84 Å². The van der Waals surface area contributed by atoms with E-state index in [1.807, 2.05) is 0 Å². The highest BCUT2D eigenvalue weighted by Crippen LogP contribution is 2.33. The lowest BCUT2D eigenvalue weighted by Crippen LogP contribution is -2.28. The molecule has 134 valence electrons. The van der Waals surface area contributed by atoms with Crippen LogP contribution in [0, 0.1) is 18.6 Å². The molecule has 26 heavy (non-hydrogen) atoms. The van der Waals surface area contributed by atoms with Crippen molar-refractivity contribution >= 4 is 17.5 Å². The minimum Gasteiger partial charge on any atom is -0.360 e. The zero-order chi connectivity index (χ0) is 18.8. The highest BCUT2D eigenvalue weighted by molar-refractivity contribution is 6.33. The normalized spacial score (nSPS) is 12.0. The van der Waals surface area contributed by atoms with E-state index in [1.165, 1.54) is 31.2 Å². The summed E-state index contributed by atoms with van der Waals surface area (Å²) >= 11 is 6.07. The molecule has 3 aromatic rings. The second-order valence-electron chi connectivity index (χ2n) is 5.78. The lowest BCUT2D eigenvalue weighted by atomic mass is 10.0. The van der Waals surface area contributed by atoms with Gasteiger partial charge in [-0.25, -0.2) is 8.78 Å². The smallest absolute Gasteiger partial charge is 0.257 e. The number of aryl methyl sites for hydroxylation is 1. The number of benzene rings is 2. The van der Waals surface area contributed by atoms with Crippen molar-refractivity contribution in [2.75, 3.05) is 0 Å². The van der Waals surface area contributed by atoms with Gasteiger partial charge in [0.2, 0.25) is 0 Å². The minimum absolute atomic E-state index is 0.00355. The summed E-state index contributed by atoms with van der Waals surface area (Å²) < 4.78 is 33.2. The van der Waals surface area contributed by atoms with Crippen molar-refractivity contribution in [3.8, 4) is 11.3 Å². The summed E-state index contributed by atoms with van der Waals surface area (Å²) in [5.74, 6) is -1.41. The Morgan fingerprint density at radius 3 is 2.54 bits per heavy atom. The Morgan fingerprint density at radius 2 is 1.85 bits per heavy atom. The Hall–Kier alpha value is -2.73. The maximum atomic E-state index is 14.2. The first-order chi connectivity index (χ1) is 12.4. The van der Waals surface area contributed by atoms with Gasteiger partial charge in [0.1, 0.15) is 28.7 Å². The maximum absolute atomic E-state index is 14.2. The number of hydrogen-bond acceptors (Lipinski definition) is 3. The molecule has 1 heterocycles. The summed E-state index contributed by atoms with van der Waals surface area (Å²) in [7, 11) is 0. The molecule has 0 fully saturated rings. The van der Waals surface area contributed by atoms with Gasteiger partial charge in [-0.2, -0.15) is 0 Å². The van der Waals surface area contributed by atoms with Crippen LogP contribution in [0.5, 0.6) is 0 Å². The molecule has 0 aliphatic heterocycles. The van der Waals surface area contributed by atoms with Gasteiger partial charge in [-0.3, -0.25) is 4.79 Å². The maximum Gasteiger partial charge on any atom is 0.257 e. The topological polar surface area (TPSA) is 55.1 Å². The molecule has 0 aliphatic rings. The lowest BCUT2D eigenvalue weighted by molar-refractivity contribution is 0.0938. The molecule has 4 nitrogen and oxygen atoms in total. The average molecular weight is 377 g/mol. The summed E-state index contributed by atoms with van der Waals surface area (Å²) in [5, 5.41) is 6.58. The Labute approximate surface area is 153 Å². The second-order valence-corrected chi connectivity index (χ2v) is 6.18. The van der Waals surface area contributed by atoms with E-state index >= 15 is 0 Å². The molecule has 0 radical (unpaired) electrons. The summed E-state index contributed by atoms with van der Waals surface area (Å²) in [5.41, 5.74) is 0.374. The lowest BCUT2D eigenvalue weighted by Gasteiger charge is -2.15. The molecule has 0 bridgehead atoms. The predicted octanol–water partition coefficient (Wildman–Crippen LogP) is 5.07. The molecule has 1 atom stereocenters. The number of aromatic nitrogens is 1. The first-order valence-corrected chi connectivity index (χ1v) is 8.24. The molecule has 1 unspecified atom stereocenters. The van der Waals surface area contributed by atoms with Crippen molar-refractivity contribution in [3.63, 3.8) is 0 Å². The van der Waals surface area contributed by atoms with Crippen LogP contribution < -0.4 is 5.32 Å². The van der Waals surface area contributed by atoms with E-state index in [0.717, 1.165) is 0 Å². The van der Waals surface area contributed by atoms with Gasteiger partial charge >= 0.3 is 0 Å². The number of carbonyl (C=O) groups is 1. The van der Waals surface area contributed by atoms with Crippen molar-refractivity contribution in [1.82, 2.24) is 10.5 Å². The molecule has 0 spiro atoms. The first kappa shape index (κ1) is 18.1. The zero-order valence-electron chi connectivity index (χ0n) is 14.0. The van der Waals surface area contributed by atoms with E-state index in [1.54, 1.807) is 25.1 Å². The Morgan fingerprint density at radius 1 is 1.15 bits per heavy atom. The van der Waals surface area contributed by atoms with Gasteiger partial charge in [0.25, 0.3) is 5.91 Å². The van der Waals surface area contributed by atoms with Crippen LogP contribution in [0.2, 0.25) is 5.02 Å². The van der Waals surface area contributed by atoms with Gasteiger partial charge in [-0.15, -0.1) is 0 Å². The number of nitrogens with one attached hydrogen (secondary N) is 1. The van der Waals surface area contributed by atoms with Gasteiger partial charge in [-0.1, -0.05) is 41.0 Å². The van der Waals surface area contributed by atoms with Crippen LogP contribution >= 0.6 is 11.6 Å². The molecule has 3 rings (SSSR count). The Bertz CT molecular complexity index is 952. The third-order valence-corrected chi connectivity index (χ3v) is 4.32. The van der Waals surface area contributed by atoms with Crippen molar-refractivity contribution in [3.05, 3.63) is 76.0 Å². The summed E-state index contributed by atoms with van der Waals surface area (Å²) in [6, 6.07) is 9.69. The fraction of sp³-hybridized carbons (Fsp3) is 0.158. The van der Waals surface area contributed by atoms with Crippen LogP contribution in [0.25, 0.3) is 11.3 Å². The van der Waals surface area contributed by atoms with E-state index in [9.17, 15) is 13.6 Å². The second kappa shape index (κ2) is 7.25. The quantitative estimate of drug-likeness (QED) is 0.691. The number of nitrogens with zero attached hydrogens (tertiary/aromatic N) is 1. The molecule has 0 saturated carbocycles. The number of carbonyl (C=O) groups excluding carboxylic acids is 1. The van der Waals surface area contributed by atoms with E-state index < -0.39 is 23.6 Å². The van der Waals surface area contributed by atoms with Crippen molar-refractivity contribution in [2.45, 2.75) is 19.9 Å². The zero-order valence-corrected chi connectivity index (χ0v) is 14.8. The van der Waals surface area contributed by atoms with Crippen molar-refractivity contribution < 1.29 is 18.1 Å². The Kier molecular flexibility index (Phi) is 5.04. The number of halogens is 3. The van der Waals surface area contributed by atoms with Crippen LogP contribution in [-0.4, -0.2) is 11.1 Å². The first-order valence-electron chi connectivity index (χ1n) is 7.86. The molecule has 0 saturated heterocycles. The van der Waals surface area contributed by atoms with Gasteiger partial charge in [0.15, 0.2) is 0 Å². The number of rotatable bonds is 4. The van der Waals surface area contributed by atoms with Crippen molar-refractivity contribution in [1.29, 1.82) is 0 Å². The molecule has 1 amide bonds. The van der Waals surface area contributed by atoms with Gasteiger partial charge in [0.05, 0.1) is 16.6 Å². The van der Waals surface area contributed by atoms with E-state index in [0.29, 0.717) is 5.56 Å². The molecule has 7 heteroatoms. The van der Waals surface area contributed by atoms with Crippen molar-refractivity contribution in [2.24, 2.45) is 0 Å². The third kappa shape index (κ3) is 3.32. The van der Waals surface area contributed by atoms with Crippen LogP contribution in [-0.2, 0) is 0 Å². The SMILES string of the molecule is Cc1onc(-c2c(F)cccc2Cl)c1C(=O)NC(C)c1ccccc1F. The van der Waals surface area contributed by atoms with E-state index in [-0.39, 0.29) is 27.6 Å². The largest absolute Gasteiger partial charge is 0.360 e. The van der Waals surface area contributed by atoms with Crippen LogP contribution in [0.1, 0.15) is 34.6 Å². The average Bonchev–Trinajstić information content (AvgIpc) is 2.96. The predicted molar refractivity (Wildman–Crippen MR) is 93.9 cm³/mol. The number of amides is 1. The monoisotopic (exact) mass is 376 g/mol. The van der Waals surface area contributed by atoms with E-state index in [2.05, 4.69) is 10.5 Å². The van der Waals surface area contributed by atoms with Crippen LogP contribution in [0.15, 0.2) is 47.0 Å². The summed E-state index contributed by atoms with van der Waals surface area (Å²) in [6.07, 6.45) is 0. The molecule has 1 N–H and O–H groups in total. The Balaban J connectivity index is 1.97. The standard InChI is InChI=1S/C19H15ClF2N2O2/c1-10(12-6-3-4-8-14(12)21)23-19(25)16-11(2)26-24-18(16)17-13(20)7-5-9-15(17)22/h3-10H,1-2H3,(H,23,25). The fourth-order valence-corrected chi connectivity index (χ4v) is 2.96. The molecule has 0 aliphatic carbocycles. The number of hydrogen-bond donors (Lipinski definition) is 1. The molecular weight excluding hydrogens is 362 g/mol. The van der Waals surface area contributed by atoms with Crippen LogP contribution in [0.3, 0.4) is 0 Å². The summed E-state index contributed by atoms with van der Waals surface area (Å²) in [4.78, 5) is 12.7. The summed E-state index contributed by atoms with van der Waals surface area (Å²) in [6.45, 7) is 3.18. The van der Waals surface area contributed by atoms with E-state index in [4.69, 9.17) is 16.1 Å².